The summed E-state index contributed by atoms with van der Waals surface area (Å²) >= 11 is 0. The fourth-order valence-corrected chi connectivity index (χ4v) is 4.97. The Morgan fingerprint density at radius 3 is 2.54 bits per heavy atom. The molecule has 1 aromatic carbocycles. The van der Waals surface area contributed by atoms with Gasteiger partial charge in [-0.2, -0.15) is 5.10 Å². The molecule has 212 valence electrons. The number of alkyl halides is 4. The van der Waals surface area contributed by atoms with Gasteiger partial charge in [-0.1, -0.05) is 6.07 Å². The molecule has 4 rings (SSSR count). The average molecular weight is 557 g/mol. The summed E-state index contributed by atoms with van der Waals surface area (Å²) in [5, 5.41) is 6.85. The molecule has 9 nitrogen and oxygen atoms in total. The van der Waals surface area contributed by atoms with E-state index in [2.05, 4.69) is 30.1 Å². The van der Waals surface area contributed by atoms with Gasteiger partial charge >= 0.3 is 5.97 Å². The maximum Gasteiger partial charge on any atom is 0.313 e. The smallest absolute Gasteiger partial charge is 0.313 e. The first-order chi connectivity index (χ1) is 18.4. The van der Waals surface area contributed by atoms with E-state index < -0.39 is 54.3 Å². The number of hydrogen-bond acceptors (Lipinski definition) is 6. The van der Waals surface area contributed by atoms with Gasteiger partial charge < -0.3 is 15.0 Å². The number of rotatable bonds is 9. The topological polar surface area (TPSA) is 115 Å². The van der Waals surface area contributed by atoms with Crippen molar-refractivity contribution in [3.8, 4) is 0 Å². The van der Waals surface area contributed by atoms with Crippen LogP contribution >= 0.6 is 0 Å². The van der Waals surface area contributed by atoms with Gasteiger partial charge in [-0.05, 0) is 38.7 Å². The number of carbonyl (C=O) groups excluding carboxylic acids is 2. The van der Waals surface area contributed by atoms with Crippen LogP contribution in [0.15, 0.2) is 18.5 Å². The molecule has 0 radical (unpaired) electrons. The van der Waals surface area contributed by atoms with E-state index in [0.717, 1.165) is 7.11 Å². The predicted octanol–water partition coefficient (Wildman–Crippen LogP) is 5.08. The van der Waals surface area contributed by atoms with Crippen LogP contribution in [0.5, 0.6) is 0 Å². The molecule has 1 aliphatic carbocycles. The molecule has 1 amide bonds. The van der Waals surface area contributed by atoms with Gasteiger partial charge in [-0.15, -0.1) is 0 Å². The standard InChI is InChI=1S/C25H29F5N6O3/c1-12(2)36-22(31-11-32-36)23(37)35-19(13-6-8-25(29,30)9-7-13)21-33-16-5-4-14(18(28)20(16)34-21)15(10-17(26)27)24(38)39-3/h4-5,11-13,15,17,19H,6-10H2,1-3H3,(H,33,34)(H,35,37)/t15?,19-/m0/s1. The first kappa shape index (κ1) is 28.4. The third-order valence-electron chi connectivity index (χ3n) is 7.00. The zero-order valence-corrected chi connectivity index (χ0v) is 21.6. The van der Waals surface area contributed by atoms with Crippen LogP contribution in [0.2, 0.25) is 0 Å². The second kappa shape index (κ2) is 11.3. The van der Waals surface area contributed by atoms with Crippen molar-refractivity contribution in [2.75, 3.05) is 7.11 Å². The molecule has 1 saturated carbocycles. The number of benzene rings is 1. The maximum atomic E-state index is 15.6. The highest BCUT2D eigenvalue weighted by molar-refractivity contribution is 5.91. The Balaban J connectivity index is 1.73. The monoisotopic (exact) mass is 556 g/mol. The maximum absolute atomic E-state index is 15.6. The van der Waals surface area contributed by atoms with E-state index in [1.54, 1.807) is 13.8 Å². The molecule has 14 heteroatoms. The summed E-state index contributed by atoms with van der Waals surface area (Å²) in [4.78, 5) is 36.6. The largest absolute Gasteiger partial charge is 0.469 e. The van der Waals surface area contributed by atoms with Crippen LogP contribution in [0, 0.1) is 11.7 Å². The summed E-state index contributed by atoms with van der Waals surface area (Å²) in [6, 6.07) is 1.48. The van der Waals surface area contributed by atoms with Crippen LogP contribution < -0.4 is 5.32 Å². The molecule has 1 unspecified atom stereocenters. The molecule has 0 saturated heterocycles. The first-order valence-electron chi connectivity index (χ1n) is 12.5. The second-order valence-corrected chi connectivity index (χ2v) is 9.96. The van der Waals surface area contributed by atoms with Crippen molar-refractivity contribution in [2.24, 2.45) is 5.92 Å². The number of H-pyrrole nitrogens is 1. The van der Waals surface area contributed by atoms with Crippen molar-refractivity contribution in [1.82, 2.24) is 30.0 Å². The quantitative estimate of drug-likeness (QED) is 0.281. The van der Waals surface area contributed by atoms with Gasteiger partial charge in [-0.25, -0.2) is 36.6 Å². The van der Waals surface area contributed by atoms with Gasteiger partial charge in [0.25, 0.3) is 5.91 Å². The number of nitrogens with one attached hydrogen (secondary N) is 2. The number of methoxy groups -OCH3 is 1. The number of nitrogens with zero attached hydrogens (tertiary/aromatic N) is 4. The van der Waals surface area contributed by atoms with Crippen molar-refractivity contribution in [1.29, 1.82) is 0 Å². The first-order valence-corrected chi connectivity index (χ1v) is 12.5. The van der Waals surface area contributed by atoms with Gasteiger partial charge in [0.15, 0.2) is 5.82 Å². The lowest BCUT2D eigenvalue weighted by Gasteiger charge is -2.33. The molecule has 39 heavy (non-hydrogen) atoms. The molecule has 2 atom stereocenters. The van der Waals surface area contributed by atoms with Gasteiger partial charge in [0.05, 0.1) is 24.6 Å². The Hall–Kier alpha value is -3.58. The Labute approximate surface area is 220 Å². The molecule has 2 heterocycles. The van der Waals surface area contributed by atoms with Crippen LogP contribution in [0.3, 0.4) is 0 Å². The highest BCUT2D eigenvalue weighted by Crippen LogP contribution is 2.41. The Kier molecular flexibility index (Phi) is 8.21. The summed E-state index contributed by atoms with van der Waals surface area (Å²) in [6.45, 7) is 3.61. The highest BCUT2D eigenvalue weighted by atomic mass is 19.3. The van der Waals surface area contributed by atoms with Gasteiger partial charge in [0, 0.05) is 30.9 Å². The Morgan fingerprint density at radius 1 is 1.23 bits per heavy atom. The lowest BCUT2D eigenvalue weighted by Crippen LogP contribution is -2.38. The summed E-state index contributed by atoms with van der Waals surface area (Å²) in [5.74, 6) is -7.37. The van der Waals surface area contributed by atoms with Crippen molar-refractivity contribution in [2.45, 2.75) is 76.3 Å². The van der Waals surface area contributed by atoms with Crippen LogP contribution in [-0.2, 0) is 9.53 Å². The molecule has 2 aromatic heterocycles. The predicted molar refractivity (Wildman–Crippen MR) is 129 cm³/mol. The van der Waals surface area contributed by atoms with E-state index in [1.807, 2.05) is 0 Å². The van der Waals surface area contributed by atoms with Crippen molar-refractivity contribution in [3.63, 3.8) is 0 Å². The molecular weight excluding hydrogens is 527 g/mol. The average Bonchev–Trinajstić information content (AvgIpc) is 3.54. The number of amides is 1. The number of aromatic nitrogens is 5. The number of halogens is 5. The molecule has 0 aliphatic heterocycles. The summed E-state index contributed by atoms with van der Waals surface area (Å²) in [7, 11) is 1.02. The van der Waals surface area contributed by atoms with Crippen LogP contribution in [0.25, 0.3) is 11.0 Å². The second-order valence-electron chi connectivity index (χ2n) is 9.96. The van der Waals surface area contributed by atoms with Crippen molar-refractivity contribution >= 4 is 22.9 Å². The number of aromatic amines is 1. The molecule has 1 aliphatic rings. The van der Waals surface area contributed by atoms with Gasteiger partial charge in [-0.3, -0.25) is 9.59 Å². The minimum absolute atomic E-state index is 0.00800. The third kappa shape index (κ3) is 6.04. The lowest BCUT2D eigenvalue weighted by molar-refractivity contribution is -0.143. The van der Waals surface area contributed by atoms with Crippen molar-refractivity contribution < 1.29 is 36.3 Å². The van der Waals surface area contributed by atoms with E-state index in [9.17, 15) is 27.2 Å². The van der Waals surface area contributed by atoms with E-state index in [-0.39, 0.29) is 60.0 Å². The third-order valence-corrected chi connectivity index (χ3v) is 7.00. The van der Waals surface area contributed by atoms with Crippen molar-refractivity contribution in [3.05, 3.63) is 41.5 Å². The molecule has 2 N–H and O–H groups in total. The van der Waals surface area contributed by atoms with Gasteiger partial charge in [0.2, 0.25) is 18.2 Å². The molecule has 3 aromatic rings. The van der Waals surface area contributed by atoms with Gasteiger partial charge in [0.1, 0.15) is 17.7 Å². The summed E-state index contributed by atoms with van der Waals surface area (Å²) < 4.78 is 75.7. The highest BCUT2D eigenvalue weighted by Gasteiger charge is 2.40. The Morgan fingerprint density at radius 2 is 1.92 bits per heavy atom. The zero-order valence-electron chi connectivity index (χ0n) is 21.6. The minimum Gasteiger partial charge on any atom is -0.469 e. The number of esters is 1. The van der Waals surface area contributed by atoms with E-state index in [1.165, 1.54) is 23.1 Å². The number of imidazole rings is 1. The number of hydrogen-bond donors (Lipinski definition) is 2. The zero-order chi connectivity index (χ0) is 28.5. The van der Waals surface area contributed by atoms with E-state index >= 15 is 4.39 Å². The number of carbonyl (C=O) groups is 2. The number of fused-ring (bicyclic) bond motifs is 1. The fraction of sp³-hybridized carbons (Fsp3) is 0.560. The van der Waals surface area contributed by atoms with Crippen LogP contribution in [0.1, 0.15) is 86.0 Å². The van der Waals surface area contributed by atoms with E-state index in [0.29, 0.717) is 0 Å². The van der Waals surface area contributed by atoms with Crippen LogP contribution in [0.4, 0.5) is 22.0 Å². The molecule has 0 bridgehead atoms. The Bertz CT molecular complexity index is 1330. The van der Waals surface area contributed by atoms with Crippen LogP contribution in [-0.4, -0.2) is 56.1 Å². The lowest BCUT2D eigenvalue weighted by atomic mass is 9.81. The molecular formula is C25H29F5N6O3. The minimum atomic E-state index is -2.89. The molecule has 0 spiro atoms. The normalized spacial score (nSPS) is 17.5. The molecule has 1 fully saturated rings. The van der Waals surface area contributed by atoms with E-state index in [4.69, 9.17) is 0 Å². The fourth-order valence-electron chi connectivity index (χ4n) is 4.97. The summed E-state index contributed by atoms with van der Waals surface area (Å²) in [6.07, 6.45) is -3.26. The summed E-state index contributed by atoms with van der Waals surface area (Å²) in [5.41, 5.74) is -0.371. The SMILES string of the molecule is COC(=O)C(CC(F)F)c1ccc2[nH]c([C@@H](NC(=O)c3ncnn3C(C)C)C3CCC(F)(F)CC3)nc2c1F. The number of ether oxygens (including phenoxy) is 1.